The lowest BCUT2D eigenvalue weighted by Gasteiger charge is -2.24. The molecule has 0 radical (unpaired) electrons. The highest BCUT2D eigenvalue weighted by atomic mass is 35.5. The molecule has 1 aromatic heterocycles. The van der Waals surface area contributed by atoms with Crippen molar-refractivity contribution in [1.82, 2.24) is 15.2 Å². The number of amides is 1. The monoisotopic (exact) mass is 345 g/mol. The molecule has 1 aliphatic heterocycles. The molecule has 1 N–H and O–H groups in total. The van der Waals surface area contributed by atoms with E-state index in [9.17, 15) is 4.79 Å². The van der Waals surface area contributed by atoms with Gasteiger partial charge in [0.15, 0.2) is 0 Å². The fourth-order valence-electron chi connectivity index (χ4n) is 3.08. The molecule has 1 amide bonds. The Morgan fingerprint density at radius 1 is 1.25 bits per heavy atom. The summed E-state index contributed by atoms with van der Waals surface area (Å²) in [6.07, 6.45) is 5.64. The standard InChI is InChI=1S/C19H23N3O.ClH/c1-2-22(19(23)18-7-4-10-21-18)14-15-5-3-6-17(13-15)16-8-11-20-12-9-16;/h3,5-6,8-9,11-13,18,21H,2,4,7,10,14H2,1H3;1H. The van der Waals surface area contributed by atoms with E-state index in [1.807, 2.05) is 24.0 Å². The predicted octanol–water partition coefficient (Wildman–Crippen LogP) is 3.27. The fraction of sp³-hybridized carbons (Fsp3) is 0.368. The summed E-state index contributed by atoms with van der Waals surface area (Å²) in [5.41, 5.74) is 3.47. The lowest BCUT2D eigenvalue weighted by molar-refractivity contribution is -0.133. The maximum absolute atomic E-state index is 12.6. The molecule has 128 valence electrons. The van der Waals surface area contributed by atoms with Crippen molar-refractivity contribution < 1.29 is 4.79 Å². The van der Waals surface area contributed by atoms with Gasteiger partial charge >= 0.3 is 0 Å². The van der Waals surface area contributed by atoms with E-state index in [2.05, 4.69) is 34.6 Å². The summed E-state index contributed by atoms with van der Waals surface area (Å²) in [7, 11) is 0. The average molecular weight is 346 g/mol. The van der Waals surface area contributed by atoms with Crippen molar-refractivity contribution in [2.75, 3.05) is 13.1 Å². The summed E-state index contributed by atoms with van der Waals surface area (Å²) >= 11 is 0. The molecule has 0 aliphatic carbocycles. The number of aromatic nitrogens is 1. The Morgan fingerprint density at radius 2 is 2.04 bits per heavy atom. The Labute approximate surface area is 149 Å². The molecule has 1 unspecified atom stereocenters. The van der Waals surface area contributed by atoms with Crippen LogP contribution in [0.3, 0.4) is 0 Å². The van der Waals surface area contributed by atoms with E-state index in [1.165, 1.54) is 0 Å². The molecule has 2 aromatic rings. The first-order valence-corrected chi connectivity index (χ1v) is 8.29. The number of likely N-dealkylation sites (N-methyl/N-ethyl adjacent to an activating group) is 1. The Balaban J connectivity index is 0.00000208. The van der Waals surface area contributed by atoms with Crippen molar-refractivity contribution in [2.45, 2.75) is 32.4 Å². The van der Waals surface area contributed by atoms with Gasteiger partial charge in [-0.05, 0) is 61.2 Å². The molecule has 0 saturated carbocycles. The number of halogens is 1. The zero-order valence-electron chi connectivity index (χ0n) is 13.9. The van der Waals surface area contributed by atoms with E-state index in [-0.39, 0.29) is 24.4 Å². The lowest BCUT2D eigenvalue weighted by Crippen LogP contribution is -2.43. The number of pyridine rings is 1. The molecule has 1 saturated heterocycles. The van der Waals surface area contributed by atoms with Crippen molar-refractivity contribution in [3.8, 4) is 11.1 Å². The van der Waals surface area contributed by atoms with E-state index < -0.39 is 0 Å². The molecule has 24 heavy (non-hydrogen) atoms. The van der Waals surface area contributed by atoms with Crippen LogP contribution in [0.1, 0.15) is 25.3 Å². The van der Waals surface area contributed by atoms with Crippen molar-refractivity contribution in [1.29, 1.82) is 0 Å². The number of nitrogens with one attached hydrogen (secondary N) is 1. The van der Waals surface area contributed by atoms with Crippen LogP contribution in [0.15, 0.2) is 48.8 Å². The van der Waals surface area contributed by atoms with Crippen LogP contribution in [0.4, 0.5) is 0 Å². The van der Waals surface area contributed by atoms with E-state index in [1.54, 1.807) is 12.4 Å². The van der Waals surface area contributed by atoms with Crippen molar-refractivity contribution in [2.24, 2.45) is 0 Å². The number of carbonyl (C=O) groups excluding carboxylic acids is 1. The van der Waals surface area contributed by atoms with Gasteiger partial charge in [0.05, 0.1) is 6.04 Å². The van der Waals surface area contributed by atoms with Gasteiger partial charge in [0.2, 0.25) is 5.91 Å². The number of hydrogen-bond donors (Lipinski definition) is 1. The highest BCUT2D eigenvalue weighted by Crippen LogP contribution is 2.20. The number of rotatable bonds is 5. The highest BCUT2D eigenvalue weighted by molar-refractivity contribution is 5.85. The van der Waals surface area contributed by atoms with Gasteiger partial charge in [-0.3, -0.25) is 9.78 Å². The zero-order valence-corrected chi connectivity index (χ0v) is 14.8. The SMILES string of the molecule is CCN(Cc1cccc(-c2ccncc2)c1)C(=O)C1CCCN1.Cl. The third-order valence-corrected chi connectivity index (χ3v) is 4.37. The quantitative estimate of drug-likeness (QED) is 0.904. The molecular formula is C19H24ClN3O. The molecule has 3 rings (SSSR count). The van der Waals surface area contributed by atoms with Gasteiger partial charge in [-0.25, -0.2) is 0 Å². The summed E-state index contributed by atoms with van der Waals surface area (Å²) < 4.78 is 0. The molecule has 5 heteroatoms. The Kier molecular flexibility index (Phi) is 6.76. The van der Waals surface area contributed by atoms with Gasteiger partial charge in [-0.15, -0.1) is 12.4 Å². The predicted molar refractivity (Wildman–Crippen MR) is 99.0 cm³/mol. The van der Waals surface area contributed by atoms with Gasteiger partial charge in [0, 0.05) is 25.5 Å². The molecule has 4 nitrogen and oxygen atoms in total. The van der Waals surface area contributed by atoms with Gasteiger partial charge in [-0.1, -0.05) is 18.2 Å². The maximum atomic E-state index is 12.6. The smallest absolute Gasteiger partial charge is 0.239 e. The molecule has 1 aromatic carbocycles. The van der Waals surface area contributed by atoms with E-state index >= 15 is 0 Å². The molecule has 0 bridgehead atoms. The van der Waals surface area contributed by atoms with Crippen LogP contribution < -0.4 is 5.32 Å². The van der Waals surface area contributed by atoms with Gasteiger partial charge in [0.1, 0.15) is 0 Å². The molecule has 1 fully saturated rings. The number of benzene rings is 1. The summed E-state index contributed by atoms with van der Waals surface area (Å²) in [5.74, 6) is 0.222. The van der Waals surface area contributed by atoms with Crippen LogP contribution in [0.25, 0.3) is 11.1 Å². The third-order valence-electron chi connectivity index (χ3n) is 4.37. The molecule has 1 aliphatic rings. The number of carbonyl (C=O) groups is 1. The van der Waals surface area contributed by atoms with Crippen molar-refractivity contribution >= 4 is 18.3 Å². The minimum atomic E-state index is -0.00155. The second kappa shape index (κ2) is 8.81. The summed E-state index contributed by atoms with van der Waals surface area (Å²) in [6.45, 7) is 4.38. The zero-order chi connectivity index (χ0) is 16.1. The van der Waals surface area contributed by atoms with Crippen molar-refractivity contribution in [3.63, 3.8) is 0 Å². The largest absolute Gasteiger partial charge is 0.337 e. The average Bonchev–Trinajstić information content (AvgIpc) is 3.15. The molecular weight excluding hydrogens is 322 g/mol. The molecule has 0 spiro atoms. The van der Waals surface area contributed by atoms with Crippen LogP contribution in [0.5, 0.6) is 0 Å². The first kappa shape index (κ1) is 18.4. The Hall–Kier alpha value is -1.91. The topological polar surface area (TPSA) is 45.2 Å². The van der Waals surface area contributed by atoms with E-state index in [0.29, 0.717) is 6.54 Å². The van der Waals surface area contributed by atoms with Gasteiger partial charge in [0.25, 0.3) is 0 Å². The fourth-order valence-corrected chi connectivity index (χ4v) is 3.08. The highest BCUT2D eigenvalue weighted by Gasteiger charge is 2.26. The first-order valence-electron chi connectivity index (χ1n) is 8.29. The second-order valence-corrected chi connectivity index (χ2v) is 5.94. The van der Waals surface area contributed by atoms with Crippen molar-refractivity contribution in [3.05, 3.63) is 54.4 Å². The maximum Gasteiger partial charge on any atom is 0.239 e. The van der Waals surface area contributed by atoms with Gasteiger partial charge in [-0.2, -0.15) is 0 Å². The molecule has 2 heterocycles. The van der Waals surface area contributed by atoms with E-state index in [0.717, 1.165) is 42.6 Å². The minimum absolute atomic E-state index is 0. The summed E-state index contributed by atoms with van der Waals surface area (Å²) in [5, 5.41) is 3.30. The molecule has 1 atom stereocenters. The van der Waals surface area contributed by atoms with Crippen LogP contribution in [0.2, 0.25) is 0 Å². The first-order chi connectivity index (χ1) is 11.3. The summed E-state index contributed by atoms with van der Waals surface area (Å²) in [6, 6.07) is 12.4. The Morgan fingerprint density at radius 3 is 2.71 bits per heavy atom. The van der Waals surface area contributed by atoms with Crippen LogP contribution in [0, 0.1) is 0 Å². The number of nitrogens with zero attached hydrogens (tertiary/aromatic N) is 2. The van der Waals surface area contributed by atoms with Crippen LogP contribution in [-0.4, -0.2) is 34.9 Å². The number of hydrogen-bond acceptors (Lipinski definition) is 3. The van der Waals surface area contributed by atoms with Gasteiger partial charge < -0.3 is 10.2 Å². The van der Waals surface area contributed by atoms with E-state index in [4.69, 9.17) is 0 Å². The lowest BCUT2D eigenvalue weighted by atomic mass is 10.0. The second-order valence-electron chi connectivity index (χ2n) is 5.94. The Bertz CT molecular complexity index is 657. The van der Waals surface area contributed by atoms with Crippen LogP contribution >= 0.6 is 12.4 Å². The van der Waals surface area contributed by atoms with Crippen LogP contribution in [-0.2, 0) is 11.3 Å². The minimum Gasteiger partial charge on any atom is -0.337 e. The normalized spacial score (nSPS) is 16.5. The third kappa shape index (κ3) is 4.34. The summed E-state index contributed by atoms with van der Waals surface area (Å²) in [4.78, 5) is 18.6.